The van der Waals surface area contributed by atoms with Gasteiger partial charge in [0.2, 0.25) is 0 Å². The summed E-state index contributed by atoms with van der Waals surface area (Å²) in [6.45, 7) is 2.83. The van der Waals surface area contributed by atoms with Gasteiger partial charge in [-0.1, -0.05) is 0 Å². The van der Waals surface area contributed by atoms with Crippen molar-refractivity contribution < 1.29 is 14.3 Å². The van der Waals surface area contributed by atoms with Crippen molar-refractivity contribution in [2.75, 3.05) is 32.9 Å². The van der Waals surface area contributed by atoms with Crippen molar-refractivity contribution in [3.63, 3.8) is 0 Å². The SMILES string of the molecule is O=C(c1cc(=O)[nH]c(C2CC2)n1)N1CCO[C@@H]2COC[C@@H]2C1. The molecule has 2 atom stereocenters. The van der Waals surface area contributed by atoms with Crippen LogP contribution >= 0.6 is 0 Å². The van der Waals surface area contributed by atoms with E-state index >= 15 is 0 Å². The van der Waals surface area contributed by atoms with Gasteiger partial charge in [0.05, 0.1) is 25.9 Å². The van der Waals surface area contributed by atoms with Gasteiger partial charge >= 0.3 is 0 Å². The topological polar surface area (TPSA) is 84.5 Å². The van der Waals surface area contributed by atoms with Crippen molar-refractivity contribution in [1.82, 2.24) is 14.9 Å². The van der Waals surface area contributed by atoms with Crippen molar-refractivity contribution in [2.24, 2.45) is 5.92 Å². The van der Waals surface area contributed by atoms with E-state index in [0.29, 0.717) is 44.7 Å². The minimum Gasteiger partial charge on any atom is -0.378 e. The third kappa shape index (κ3) is 2.66. The molecule has 1 aromatic rings. The van der Waals surface area contributed by atoms with Crippen LogP contribution in [0.3, 0.4) is 0 Å². The third-order valence-electron chi connectivity index (χ3n) is 4.52. The zero-order valence-corrected chi connectivity index (χ0v) is 12.3. The van der Waals surface area contributed by atoms with Crippen LogP contribution in [0, 0.1) is 5.92 Å². The Hall–Kier alpha value is -1.73. The Balaban J connectivity index is 1.56. The van der Waals surface area contributed by atoms with Crippen LogP contribution in [0.2, 0.25) is 0 Å². The summed E-state index contributed by atoms with van der Waals surface area (Å²) in [5, 5.41) is 0. The minimum absolute atomic E-state index is 0.0759. The van der Waals surface area contributed by atoms with Crippen molar-refractivity contribution >= 4 is 5.91 Å². The van der Waals surface area contributed by atoms with E-state index in [9.17, 15) is 9.59 Å². The number of aromatic amines is 1. The number of carbonyl (C=O) groups is 1. The van der Waals surface area contributed by atoms with Gasteiger partial charge in [0.1, 0.15) is 11.5 Å². The molecule has 118 valence electrons. The summed E-state index contributed by atoms with van der Waals surface area (Å²) in [4.78, 5) is 33.3. The smallest absolute Gasteiger partial charge is 0.272 e. The molecule has 3 fully saturated rings. The molecule has 0 radical (unpaired) electrons. The first-order valence-corrected chi connectivity index (χ1v) is 7.80. The standard InChI is InChI=1S/C15H19N3O4/c19-13-5-11(16-14(17-13)9-1-2-9)15(20)18-3-4-22-12-8-21-7-10(12)6-18/h5,9-10,12H,1-4,6-8H2,(H,16,17,19)/t10-,12+/m0/s1. The summed E-state index contributed by atoms with van der Waals surface area (Å²) in [5.41, 5.74) is -0.0172. The maximum Gasteiger partial charge on any atom is 0.272 e. The van der Waals surface area contributed by atoms with Crippen LogP contribution in [-0.2, 0) is 9.47 Å². The largest absolute Gasteiger partial charge is 0.378 e. The number of H-pyrrole nitrogens is 1. The third-order valence-corrected chi connectivity index (χ3v) is 4.52. The summed E-state index contributed by atoms with van der Waals surface area (Å²) in [7, 11) is 0. The molecular weight excluding hydrogens is 286 g/mol. The highest BCUT2D eigenvalue weighted by Crippen LogP contribution is 2.37. The van der Waals surface area contributed by atoms with Gasteiger partial charge in [-0.2, -0.15) is 0 Å². The van der Waals surface area contributed by atoms with E-state index in [1.807, 2.05) is 0 Å². The average Bonchev–Trinajstić information content (AvgIpc) is 3.30. The van der Waals surface area contributed by atoms with Gasteiger partial charge in [-0.25, -0.2) is 4.98 Å². The lowest BCUT2D eigenvalue weighted by Crippen LogP contribution is -2.38. The first kappa shape index (κ1) is 13.9. The molecule has 0 bridgehead atoms. The van der Waals surface area contributed by atoms with Gasteiger partial charge in [0.15, 0.2) is 0 Å². The summed E-state index contributed by atoms with van der Waals surface area (Å²) < 4.78 is 11.2. The normalized spacial score (nSPS) is 28.3. The Morgan fingerprint density at radius 1 is 1.36 bits per heavy atom. The Kier molecular flexibility index (Phi) is 3.46. The fourth-order valence-electron chi connectivity index (χ4n) is 3.10. The van der Waals surface area contributed by atoms with E-state index < -0.39 is 0 Å². The van der Waals surface area contributed by atoms with E-state index in [1.54, 1.807) is 4.90 Å². The first-order valence-electron chi connectivity index (χ1n) is 7.80. The van der Waals surface area contributed by atoms with Crippen LogP contribution < -0.4 is 5.56 Å². The molecule has 1 aromatic heterocycles. The molecule has 0 unspecified atom stereocenters. The zero-order valence-electron chi connectivity index (χ0n) is 12.3. The molecule has 22 heavy (non-hydrogen) atoms. The van der Waals surface area contributed by atoms with Crippen LogP contribution in [0.4, 0.5) is 0 Å². The number of ether oxygens (including phenoxy) is 2. The molecule has 4 rings (SSSR count). The molecule has 2 aliphatic heterocycles. The number of aromatic nitrogens is 2. The van der Waals surface area contributed by atoms with Crippen LogP contribution in [0.25, 0.3) is 0 Å². The van der Waals surface area contributed by atoms with Crippen LogP contribution in [0.15, 0.2) is 10.9 Å². The Labute approximate surface area is 127 Å². The maximum atomic E-state index is 12.7. The Morgan fingerprint density at radius 2 is 2.23 bits per heavy atom. The molecule has 7 heteroatoms. The molecule has 1 saturated carbocycles. The van der Waals surface area contributed by atoms with E-state index in [1.165, 1.54) is 6.07 Å². The number of amides is 1. The van der Waals surface area contributed by atoms with E-state index in [4.69, 9.17) is 9.47 Å². The van der Waals surface area contributed by atoms with E-state index in [2.05, 4.69) is 9.97 Å². The molecule has 7 nitrogen and oxygen atoms in total. The number of carbonyl (C=O) groups excluding carboxylic acids is 1. The summed E-state index contributed by atoms with van der Waals surface area (Å²) in [6.07, 6.45) is 2.13. The van der Waals surface area contributed by atoms with Gasteiger partial charge in [-0.15, -0.1) is 0 Å². The fourth-order valence-corrected chi connectivity index (χ4v) is 3.10. The number of nitrogens with zero attached hydrogens (tertiary/aromatic N) is 2. The van der Waals surface area contributed by atoms with Crippen LogP contribution in [-0.4, -0.2) is 59.8 Å². The average molecular weight is 305 g/mol. The second-order valence-electron chi connectivity index (χ2n) is 6.25. The molecule has 3 heterocycles. The Morgan fingerprint density at radius 3 is 3.05 bits per heavy atom. The van der Waals surface area contributed by atoms with Gasteiger partial charge in [-0.3, -0.25) is 9.59 Å². The molecular formula is C15H19N3O4. The molecule has 1 aliphatic carbocycles. The highest BCUT2D eigenvalue weighted by Gasteiger charge is 2.35. The van der Waals surface area contributed by atoms with Crippen molar-refractivity contribution in [3.8, 4) is 0 Å². The quantitative estimate of drug-likeness (QED) is 0.840. The van der Waals surface area contributed by atoms with E-state index in [0.717, 1.165) is 12.8 Å². The first-order chi connectivity index (χ1) is 10.7. The maximum absolute atomic E-state index is 12.7. The number of nitrogens with one attached hydrogen (secondary N) is 1. The van der Waals surface area contributed by atoms with Crippen LogP contribution in [0.1, 0.15) is 35.1 Å². The van der Waals surface area contributed by atoms with Crippen LogP contribution in [0.5, 0.6) is 0 Å². The predicted octanol–water partition coefficient (Wildman–Crippen LogP) is 0.135. The van der Waals surface area contributed by atoms with Crippen molar-refractivity contribution in [3.05, 3.63) is 27.9 Å². The summed E-state index contributed by atoms with van der Waals surface area (Å²) in [6, 6.07) is 1.29. The highest BCUT2D eigenvalue weighted by atomic mass is 16.5. The predicted molar refractivity (Wildman–Crippen MR) is 76.8 cm³/mol. The number of hydrogen-bond acceptors (Lipinski definition) is 5. The number of rotatable bonds is 2. The lowest BCUT2D eigenvalue weighted by atomic mass is 10.1. The number of fused-ring (bicyclic) bond motifs is 1. The van der Waals surface area contributed by atoms with Gasteiger partial charge < -0.3 is 19.4 Å². The lowest BCUT2D eigenvalue weighted by Gasteiger charge is -2.22. The molecule has 2 saturated heterocycles. The lowest BCUT2D eigenvalue weighted by molar-refractivity contribution is 0.0381. The summed E-state index contributed by atoms with van der Waals surface area (Å²) >= 11 is 0. The zero-order chi connectivity index (χ0) is 15.1. The molecule has 1 amide bonds. The highest BCUT2D eigenvalue weighted by molar-refractivity contribution is 5.92. The number of hydrogen-bond donors (Lipinski definition) is 1. The summed E-state index contributed by atoms with van der Waals surface area (Å²) in [5.74, 6) is 0.963. The molecule has 0 aromatic carbocycles. The molecule has 1 N–H and O–H groups in total. The molecule has 0 spiro atoms. The van der Waals surface area contributed by atoms with Gasteiger partial charge in [0.25, 0.3) is 11.5 Å². The minimum atomic E-state index is -0.256. The second kappa shape index (κ2) is 5.48. The second-order valence-corrected chi connectivity index (χ2v) is 6.25. The fraction of sp³-hybridized carbons (Fsp3) is 0.667. The Bertz CT molecular complexity index is 640. The monoisotopic (exact) mass is 305 g/mol. The molecule has 3 aliphatic rings. The van der Waals surface area contributed by atoms with Gasteiger partial charge in [0, 0.05) is 31.0 Å². The van der Waals surface area contributed by atoms with E-state index in [-0.39, 0.29) is 29.2 Å². The van der Waals surface area contributed by atoms with Crippen molar-refractivity contribution in [1.29, 1.82) is 0 Å². The van der Waals surface area contributed by atoms with Crippen molar-refractivity contribution in [2.45, 2.75) is 24.9 Å². The van der Waals surface area contributed by atoms with Gasteiger partial charge in [-0.05, 0) is 12.8 Å².